The molecule has 114 valence electrons. The molecule has 0 fully saturated rings. The Morgan fingerprint density at radius 2 is 1.95 bits per heavy atom. The van der Waals surface area contributed by atoms with Gasteiger partial charge in [0.25, 0.3) is 0 Å². The number of benzene rings is 2. The first-order chi connectivity index (χ1) is 10.7. The van der Waals surface area contributed by atoms with Crippen molar-refractivity contribution >= 4 is 23.4 Å². The van der Waals surface area contributed by atoms with E-state index in [9.17, 15) is 4.79 Å². The van der Waals surface area contributed by atoms with Crippen LogP contribution in [0.5, 0.6) is 11.5 Å². The predicted octanol–water partition coefficient (Wildman–Crippen LogP) is 3.68. The second-order valence-corrected chi connectivity index (χ2v) is 6.33. The van der Waals surface area contributed by atoms with Gasteiger partial charge in [0.1, 0.15) is 0 Å². The quantitative estimate of drug-likeness (QED) is 0.914. The number of hydrogen-bond donors (Lipinski definition) is 1. The summed E-state index contributed by atoms with van der Waals surface area (Å²) in [7, 11) is 0. The molecule has 0 aromatic heterocycles. The van der Waals surface area contributed by atoms with E-state index in [0.717, 1.165) is 11.4 Å². The fraction of sp³-hybridized carbons (Fsp3) is 0.235. The molecular weight excluding hydrogens is 298 g/mol. The van der Waals surface area contributed by atoms with Gasteiger partial charge in [-0.05, 0) is 24.6 Å². The lowest BCUT2D eigenvalue weighted by atomic mass is 10.2. The lowest BCUT2D eigenvalue weighted by Crippen LogP contribution is -2.22. The van der Waals surface area contributed by atoms with Gasteiger partial charge >= 0.3 is 0 Å². The maximum atomic E-state index is 12.2. The first-order valence-electron chi connectivity index (χ1n) is 7.08. The number of thioether (sulfide) groups is 1. The van der Waals surface area contributed by atoms with Crippen molar-refractivity contribution < 1.29 is 14.3 Å². The Morgan fingerprint density at radius 3 is 2.77 bits per heavy atom. The van der Waals surface area contributed by atoms with Gasteiger partial charge in [-0.2, -0.15) is 0 Å². The summed E-state index contributed by atoms with van der Waals surface area (Å²) in [6, 6.07) is 15.5. The Labute approximate surface area is 133 Å². The van der Waals surface area contributed by atoms with E-state index in [1.807, 2.05) is 31.2 Å². The predicted molar refractivity (Wildman–Crippen MR) is 88.4 cm³/mol. The molecule has 4 nitrogen and oxygen atoms in total. The monoisotopic (exact) mass is 315 g/mol. The molecule has 5 heteroatoms. The van der Waals surface area contributed by atoms with E-state index in [-0.39, 0.29) is 18.0 Å². The SMILES string of the molecule is C[C@@H](SCc1ccccc1)C(=O)Nc1ccc2c(c1)OCO2. The van der Waals surface area contributed by atoms with Gasteiger partial charge in [0, 0.05) is 17.5 Å². The Balaban J connectivity index is 1.55. The standard InChI is InChI=1S/C17H17NO3S/c1-12(22-10-13-5-3-2-4-6-13)17(19)18-14-7-8-15-16(9-14)21-11-20-15/h2-9,12H,10-11H2,1H3,(H,18,19)/t12-/m1/s1. The summed E-state index contributed by atoms with van der Waals surface area (Å²) in [6.07, 6.45) is 0. The maximum Gasteiger partial charge on any atom is 0.237 e. The van der Waals surface area contributed by atoms with E-state index in [4.69, 9.17) is 9.47 Å². The Bertz CT molecular complexity index is 660. The second-order valence-electron chi connectivity index (χ2n) is 5.00. The van der Waals surface area contributed by atoms with Crippen LogP contribution >= 0.6 is 11.8 Å². The van der Waals surface area contributed by atoms with Crippen molar-refractivity contribution in [2.24, 2.45) is 0 Å². The highest BCUT2D eigenvalue weighted by molar-refractivity contribution is 7.99. The average Bonchev–Trinajstić information content (AvgIpc) is 3.01. The van der Waals surface area contributed by atoms with Crippen LogP contribution < -0.4 is 14.8 Å². The number of rotatable bonds is 5. The van der Waals surface area contributed by atoms with E-state index in [2.05, 4.69) is 17.4 Å². The molecule has 1 amide bonds. The van der Waals surface area contributed by atoms with Crippen LogP contribution in [0.4, 0.5) is 5.69 Å². The molecule has 1 N–H and O–H groups in total. The van der Waals surface area contributed by atoms with Crippen LogP contribution in [0.2, 0.25) is 0 Å². The third kappa shape index (κ3) is 3.54. The molecule has 22 heavy (non-hydrogen) atoms. The highest BCUT2D eigenvalue weighted by Gasteiger charge is 2.17. The number of nitrogens with one attached hydrogen (secondary N) is 1. The number of ether oxygens (including phenoxy) is 2. The Morgan fingerprint density at radius 1 is 1.18 bits per heavy atom. The van der Waals surface area contributed by atoms with Gasteiger partial charge in [-0.15, -0.1) is 11.8 Å². The number of fused-ring (bicyclic) bond motifs is 1. The fourth-order valence-electron chi connectivity index (χ4n) is 2.09. The van der Waals surface area contributed by atoms with Crippen molar-refractivity contribution in [1.82, 2.24) is 0 Å². The van der Waals surface area contributed by atoms with Crippen LogP contribution in [-0.4, -0.2) is 18.0 Å². The van der Waals surface area contributed by atoms with E-state index in [0.29, 0.717) is 11.5 Å². The summed E-state index contributed by atoms with van der Waals surface area (Å²) in [5.74, 6) is 2.18. The third-order valence-corrected chi connectivity index (χ3v) is 4.57. The van der Waals surface area contributed by atoms with Crippen LogP contribution in [0, 0.1) is 0 Å². The number of carbonyl (C=O) groups excluding carboxylic acids is 1. The van der Waals surface area contributed by atoms with Gasteiger partial charge in [0.05, 0.1) is 5.25 Å². The van der Waals surface area contributed by atoms with Crippen LogP contribution in [0.1, 0.15) is 12.5 Å². The minimum absolute atomic E-state index is 0.0141. The number of carbonyl (C=O) groups is 1. The smallest absolute Gasteiger partial charge is 0.237 e. The summed E-state index contributed by atoms with van der Waals surface area (Å²) >= 11 is 1.61. The summed E-state index contributed by atoms with van der Waals surface area (Å²) in [5, 5.41) is 2.78. The molecule has 1 aliphatic heterocycles. The summed E-state index contributed by atoms with van der Waals surface area (Å²) in [5.41, 5.74) is 1.94. The van der Waals surface area contributed by atoms with Crippen molar-refractivity contribution in [2.45, 2.75) is 17.9 Å². The van der Waals surface area contributed by atoms with E-state index < -0.39 is 0 Å². The zero-order chi connectivity index (χ0) is 15.4. The molecule has 0 unspecified atom stereocenters. The van der Waals surface area contributed by atoms with Crippen molar-refractivity contribution in [3.63, 3.8) is 0 Å². The van der Waals surface area contributed by atoms with E-state index in [1.54, 1.807) is 23.9 Å². The molecule has 1 aliphatic rings. The van der Waals surface area contributed by atoms with Gasteiger partial charge in [-0.1, -0.05) is 30.3 Å². The average molecular weight is 315 g/mol. The molecule has 2 aromatic rings. The van der Waals surface area contributed by atoms with Gasteiger partial charge in [0.15, 0.2) is 11.5 Å². The van der Waals surface area contributed by atoms with Crippen LogP contribution in [0.3, 0.4) is 0 Å². The zero-order valence-corrected chi connectivity index (χ0v) is 13.1. The molecular formula is C17H17NO3S. The van der Waals surface area contributed by atoms with Crippen LogP contribution in [0.25, 0.3) is 0 Å². The molecule has 0 saturated heterocycles. The first-order valence-corrected chi connectivity index (χ1v) is 8.13. The maximum absolute atomic E-state index is 12.2. The number of anilines is 1. The molecule has 2 aromatic carbocycles. The largest absolute Gasteiger partial charge is 0.454 e. The molecule has 3 rings (SSSR count). The van der Waals surface area contributed by atoms with E-state index in [1.165, 1.54) is 5.56 Å². The molecule has 0 bridgehead atoms. The molecule has 1 heterocycles. The van der Waals surface area contributed by atoms with Crippen LogP contribution in [-0.2, 0) is 10.5 Å². The van der Waals surface area contributed by atoms with E-state index >= 15 is 0 Å². The summed E-state index contributed by atoms with van der Waals surface area (Å²) in [6.45, 7) is 2.14. The normalized spacial score (nSPS) is 13.7. The fourth-order valence-corrected chi connectivity index (χ4v) is 2.93. The molecule has 0 spiro atoms. The Hall–Kier alpha value is -2.14. The Kier molecular flexibility index (Phi) is 4.53. The molecule has 0 saturated carbocycles. The highest BCUT2D eigenvalue weighted by atomic mass is 32.2. The molecule has 0 radical (unpaired) electrons. The van der Waals surface area contributed by atoms with Crippen molar-refractivity contribution in [3.05, 3.63) is 54.1 Å². The first kappa shape index (κ1) is 14.8. The highest BCUT2D eigenvalue weighted by Crippen LogP contribution is 2.34. The van der Waals surface area contributed by atoms with Gasteiger partial charge in [-0.3, -0.25) is 4.79 Å². The van der Waals surface area contributed by atoms with Crippen molar-refractivity contribution in [3.8, 4) is 11.5 Å². The van der Waals surface area contributed by atoms with Gasteiger partial charge in [-0.25, -0.2) is 0 Å². The summed E-state index contributed by atoms with van der Waals surface area (Å²) in [4.78, 5) is 12.2. The summed E-state index contributed by atoms with van der Waals surface area (Å²) < 4.78 is 10.6. The van der Waals surface area contributed by atoms with Gasteiger partial charge in [0.2, 0.25) is 12.7 Å². The number of hydrogen-bond acceptors (Lipinski definition) is 4. The third-order valence-electron chi connectivity index (χ3n) is 3.35. The zero-order valence-electron chi connectivity index (χ0n) is 12.2. The van der Waals surface area contributed by atoms with Crippen LogP contribution in [0.15, 0.2) is 48.5 Å². The molecule has 0 aliphatic carbocycles. The lowest BCUT2D eigenvalue weighted by Gasteiger charge is -2.12. The van der Waals surface area contributed by atoms with Crippen molar-refractivity contribution in [2.75, 3.05) is 12.1 Å². The second kappa shape index (κ2) is 6.75. The van der Waals surface area contributed by atoms with Gasteiger partial charge < -0.3 is 14.8 Å². The lowest BCUT2D eigenvalue weighted by molar-refractivity contribution is -0.115. The minimum Gasteiger partial charge on any atom is -0.454 e. The molecule has 1 atom stereocenters. The number of amides is 1. The minimum atomic E-state index is -0.134. The van der Waals surface area contributed by atoms with Crippen molar-refractivity contribution in [1.29, 1.82) is 0 Å². The topological polar surface area (TPSA) is 47.6 Å².